The van der Waals surface area contributed by atoms with Crippen LogP contribution >= 0.6 is 0 Å². The molecule has 1 aliphatic carbocycles. The first-order chi connectivity index (χ1) is 12.3. The zero-order chi connectivity index (χ0) is 17.1. The molecule has 2 heterocycles. The molecular weight excluding hydrogens is 312 g/mol. The largest absolute Gasteiger partial charge is 0.468 e. The van der Waals surface area contributed by atoms with Crippen LogP contribution in [0, 0.1) is 5.92 Å². The van der Waals surface area contributed by atoms with E-state index in [4.69, 9.17) is 4.42 Å². The zero-order valence-electron chi connectivity index (χ0n) is 14.6. The van der Waals surface area contributed by atoms with Gasteiger partial charge in [-0.25, -0.2) is 0 Å². The molecule has 1 N–H and O–H groups in total. The highest BCUT2D eigenvalue weighted by Gasteiger charge is 2.28. The van der Waals surface area contributed by atoms with E-state index in [1.54, 1.807) is 6.26 Å². The van der Waals surface area contributed by atoms with E-state index in [-0.39, 0.29) is 11.8 Å². The first-order valence-corrected chi connectivity index (χ1v) is 9.40. The van der Waals surface area contributed by atoms with E-state index in [1.165, 1.54) is 11.1 Å². The third kappa shape index (κ3) is 3.96. The van der Waals surface area contributed by atoms with Gasteiger partial charge in [0.2, 0.25) is 5.91 Å². The van der Waals surface area contributed by atoms with Crippen LogP contribution in [0.25, 0.3) is 0 Å². The van der Waals surface area contributed by atoms with Crippen molar-refractivity contribution >= 4 is 5.91 Å². The highest BCUT2D eigenvalue weighted by molar-refractivity contribution is 5.79. The second-order valence-electron chi connectivity index (χ2n) is 7.35. The van der Waals surface area contributed by atoms with Crippen LogP contribution in [0.2, 0.25) is 0 Å². The van der Waals surface area contributed by atoms with Crippen molar-refractivity contribution in [3.8, 4) is 0 Å². The summed E-state index contributed by atoms with van der Waals surface area (Å²) in [5, 5.41) is 3.31. The number of nitrogens with one attached hydrogen (secondary N) is 1. The minimum Gasteiger partial charge on any atom is -0.468 e. The number of nitrogens with zero attached hydrogens (tertiary/aromatic N) is 1. The van der Waals surface area contributed by atoms with Crippen LogP contribution in [-0.2, 0) is 24.2 Å². The molecule has 2 aliphatic rings. The summed E-state index contributed by atoms with van der Waals surface area (Å²) >= 11 is 0. The topological polar surface area (TPSA) is 45.5 Å². The van der Waals surface area contributed by atoms with E-state index in [0.717, 1.165) is 57.5 Å². The summed E-state index contributed by atoms with van der Waals surface area (Å²) in [6.07, 6.45) is 6.70. The van der Waals surface area contributed by atoms with Crippen molar-refractivity contribution in [1.82, 2.24) is 10.2 Å². The van der Waals surface area contributed by atoms with E-state index in [0.29, 0.717) is 6.04 Å². The van der Waals surface area contributed by atoms with Crippen LogP contribution in [0.3, 0.4) is 0 Å². The van der Waals surface area contributed by atoms with Crippen LogP contribution in [0.1, 0.15) is 36.1 Å². The molecule has 0 radical (unpaired) electrons. The molecule has 2 aromatic rings. The molecular formula is C21H26N2O2. The Morgan fingerprint density at radius 3 is 2.64 bits per heavy atom. The average molecular weight is 338 g/mol. The van der Waals surface area contributed by atoms with Crippen LogP contribution in [0.4, 0.5) is 0 Å². The Balaban J connectivity index is 1.25. The quantitative estimate of drug-likeness (QED) is 0.931. The molecule has 1 atom stereocenters. The smallest absolute Gasteiger partial charge is 0.223 e. The van der Waals surface area contributed by atoms with Crippen LogP contribution in [0.5, 0.6) is 0 Å². The Kier molecular flexibility index (Phi) is 4.88. The lowest BCUT2D eigenvalue weighted by Gasteiger charge is -2.32. The number of piperidine rings is 1. The maximum absolute atomic E-state index is 12.7. The van der Waals surface area contributed by atoms with Gasteiger partial charge in [-0.2, -0.15) is 0 Å². The van der Waals surface area contributed by atoms with E-state index in [1.807, 2.05) is 12.1 Å². The van der Waals surface area contributed by atoms with Gasteiger partial charge in [-0.3, -0.25) is 9.69 Å². The molecule has 0 bridgehead atoms. The normalized spacial score (nSPS) is 21.7. The van der Waals surface area contributed by atoms with Gasteiger partial charge >= 0.3 is 0 Å². The Labute approximate surface area is 149 Å². The highest BCUT2D eigenvalue weighted by atomic mass is 16.3. The van der Waals surface area contributed by atoms with E-state index >= 15 is 0 Å². The number of rotatable bonds is 4. The third-order valence-corrected chi connectivity index (χ3v) is 5.61. The van der Waals surface area contributed by atoms with Gasteiger partial charge in [0, 0.05) is 12.0 Å². The predicted molar refractivity (Wildman–Crippen MR) is 97.1 cm³/mol. The number of fused-ring (bicyclic) bond motifs is 1. The summed E-state index contributed by atoms with van der Waals surface area (Å²) in [5.74, 6) is 1.41. The summed E-state index contributed by atoms with van der Waals surface area (Å²) in [6.45, 7) is 2.78. The number of hydrogen-bond donors (Lipinski definition) is 1. The molecule has 1 aliphatic heterocycles. The number of likely N-dealkylation sites (tertiary alicyclic amines) is 1. The van der Waals surface area contributed by atoms with Gasteiger partial charge in [0.15, 0.2) is 0 Å². The molecule has 1 aromatic heterocycles. The van der Waals surface area contributed by atoms with Crippen molar-refractivity contribution in [1.29, 1.82) is 0 Å². The predicted octanol–water partition coefficient (Wildman–Crippen LogP) is 3.17. The molecule has 25 heavy (non-hydrogen) atoms. The van der Waals surface area contributed by atoms with Gasteiger partial charge in [0.25, 0.3) is 0 Å². The Morgan fingerprint density at radius 2 is 1.88 bits per heavy atom. The van der Waals surface area contributed by atoms with Gasteiger partial charge in [-0.15, -0.1) is 0 Å². The van der Waals surface area contributed by atoms with Crippen molar-refractivity contribution in [2.45, 2.75) is 44.7 Å². The Bertz CT molecular complexity index is 702. The molecule has 0 saturated carbocycles. The molecule has 132 valence electrons. The van der Waals surface area contributed by atoms with Crippen molar-refractivity contribution < 1.29 is 9.21 Å². The molecule has 1 saturated heterocycles. The average Bonchev–Trinajstić information content (AvgIpc) is 3.15. The SMILES string of the molecule is O=C(N[C@@H]1CCc2ccccc2C1)C1CCN(Cc2ccco2)CC1. The second-order valence-corrected chi connectivity index (χ2v) is 7.35. The number of hydrogen-bond acceptors (Lipinski definition) is 3. The molecule has 1 amide bonds. The fraction of sp³-hybridized carbons (Fsp3) is 0.476. The molecule has 0 unspecified atom stereocenters. The lowest BCUT2D eigenvalue weighted by atomic mass is 9.87. The highest BCUT2D eigenvalue weighted by Crippen LogP contribution is 2.23. The van der Waals surface area contributed by atoms with Crippen LogP contribution < -0.4 is 5.32 Å². The standard InChI is InChI=1S/C21H26N2O2/c24-21(22-19-8-7-16-4-1-2-5-18(16)14-19)17-9-11-23(12-10-17)15-20-6-3-13-25-20/h1-6,13,17,19H,7-12,14-15H2,(H,22,24)/t19-/m1/s1. The fourth-order valence-corrected chi connectivity index (χ4v) is 4.12. The van der Waals surface area contributed by atoms with Crippen molar-refractivity contribution in [3.05, 3.63) is 59.5 Å². The molecule has 4 rings (SSSR count). The number of amides is 1. The third-order valence-electron chi connectivity index (χ3n) is 5.61. The number of benzene rings is 1. The Morgan fingerprint density at radius 1 is 1.08 bits per heavy atom. The van der Waals surface area contributed by atoms with E-state index in [2.05, 4.69) is 34.5 Å². The lowest BCUT2D eigenvalue weighted by molar-refractivity contribution is -0.127. The van der Waals surface area contributed by atoms with Crippen molar-refractivity contribution in [2.24, 2.45) is 5.92 Å². The summed E-state index contributed by atoms with van der Waals surface area (Å²) in [5.41, 5.74) is 2.84. The number of aryl methyl sites for hydroxylation is 1. The molecule has 4 nitrogen and oxygen atoms in total. The van der Waals surface area contributed by atoms with Gasteiger partial charge in [0.05, 0.1) is 12.8 Å². The number of carbonyl (C=O) groups is 1. The molecule has 1 aromatic carbocycles. The summed E-state index contributed by atoms with van der Waals surface area (Å²) in [7, 11) is 0. The number of carbonyl (C=O) groups excluding carboxylic acids is 1. The van der Waals surface area contributed by atoms with E-state index in [9.17, 15) is 4.79 Å². The van der Waals surface area contributed by atoms with E-state index < -0.39 is 0 Å². The summed E-state index contributed by atoms with van der Waals surface area (Å²) < 4.78 is 5.42. The Hall–Kier alpha value is -2.07. The van der Waals surface area contributed by atoms with Gasteiger partial charge in [-0.1, -0.05) is 24.3 Å². The monoisotopic (exact) mass is 338 g/mol. The molecule has 1 fully saturated rings. The zero-order valence-corrected chi connectivity index (χ0v) is 14.6. The fourth-order valence-electron chi connectivity index (χ4n) is 4.12. The van der Waals surface area contributed by atoms with Gasteiger partial charge < -0.3 is 9.73 Å². The maximum Gasteiger partial charge on any atom is 0.223 e. The first kappa shape index (κ1) is 16.4. The van der Waals surface area contributed by atoms with Crippen LogP contribution in [-0.4, -0.2) is 29.9 Å². The van der Waals surface area contributed by atoms with Gasteiger partial charge in [-0.05, 0) is 68.5 Å². The first-order valence-electron chi connectivity index (χ1n) is 9.40. The second kappa shape index (κ2) is 7.44. The lowest BCUT2D eigenvalue weighted by Crippen LogP contribution is -2.45. The van der Waals surface area contributed by atoms with Crippen molar-refractivity contribution in [3.63, 3.8) is 0 Å². The summed E-state index contributed by atoms with van der Waals surface area (Å²) in [6, 6.07) is 12.8. The summed E-state index contributed by atoms with van der Waals surface area (Å²) in [4.78, 5) is 15.0. The minimum atomic E-state index is 0.157. The minimum absolute atomic E-state index is 0.157. The van der Waals surface area contributed by atoms with Crippen LogP contribution in [0.15, 0.2) is 47.1 Å². The molecule has 0 spiro atoms. The van der Waals surface area contributed by atoms with Gasteiger partial charge in [0.1, 0.15) is 5.76 Å². The number of furan rings is 1. The maximum atomic E-state index is 12.7. The van der Waals surface area contributed by atoms with Crippen molar-refractivity contribution in [2.75, 3.05) is 13.1 Å². The molecule has 4 heteroatoms.